The lowest BCUT2D eigenvalue weighted by Gasteiger charge is -2.12. The predicted octanol–water partition coefficient (Wildman–Crippen LogP) is 2.94. The summed E-state index contributed by atoms with van der Waals surface area (Å²) in [6.45, 7) is 1.74. The van der Waals surface area contributed by atoms with Crippen molar-refractivity contribution < 1.29 is 13.9 Å². The monoisotopic (exact) mass is 286 g/mol. The minimum absolute atomic E-state index is 0.0660. The Morgan fingerprint density at radius 3 is 2.68 bits per heavy atom. The summed E-state index contributed by atoms with van der Waals surface area (Å²) in [6, 6.07) is 2.98. The molecular weight excluding hydrogens is 274 g/mol. The SMILES string of the molecule is Cc1nn(C)c(CC(O)c2cc(F)ccc2F)c1Cl. The van der Waals surface area contributed by atoms with Crippen LogP contribution in [0.5, 0.6) is 0 Å². The Morgan fingerprint density at radius 1 is 1.42 bits per heavy atom. The second kappa shape index (κ2) is 5.27. The maximum absolute atomic E-state index is 13.5. The highest BCUT2D eigenvalue weighted by atomic mass is 35.5. The van der Waals surface area contributed by atoms with Gasteiger partial charge in [-0.2, -0.15) is 5.10 Å². The molecular formula is C13H13ClF2N2O. The number of aryl methyl sites for hydroxylation is 2. The summed E-state index contributed by atoms with van der Waals surface area (Å²) in [5.74, 6) is -1.24. The summed E-state index contributed by atoms with van der Waals surface area (Å²) in [5.41, 5.74) is 1.12. The van der Waals surface area contributed by atoms with Crippen LogP contribution in [0.1, 0.15) is 23.1 Å². The Bertz CT molecular complexity index is 613. The van der Waals surface area contributed by atoms with Gasteiger partial charge in [-0.25, -0.2) is 8.78 Å². The third-order valence-electron chi connectivity index (χ3n) is 2.97. The Kier molecular flexibility index (Phi) is 3.87. The lowest BCUT2D eigenvalue weighted by Crippen LogP contribution is -2.09. The zero-order valence-corrected chi connectivity index (χ0v) is 11.2. The van der Waals surface area contributed by atoms with E-state index in [9.17, 15) is 13.9 Å². The van der Waals surface area contributed by atoms with Crippen molar-refractivity contribution in [1.82, 2.24) is 9.78 Å². The van der Waals surface area contributed by atoms with Crippen LogP contribution < -0.4 is 0 Å². The van der Waals surface area contributed by atoms with Crippen molar-refractivity contribution in [1.29, 1.82) is 0 Å². The van der Waals surface area contributed by atoms with Crippen molar-refractivity contribution in [3.8, 4) is 0 Å². The normalized spacial score (nSPS) is 12.7. The molecule has 3 nitrogen and oxygen atoms in total. The number of nitrogens with zero attached hydrogens (tertiary/aromatic N) is 2. The fourth-order valence-electron chi connectivity index (χ4n) is 1.96. The fourth-order valence-corrected chi connectivity index (χ4v) is 2.20. The van der Waals surface area contributed by atoms with Gasteiger partial charge in [-0.15, -0.1) is 0 Å². The average molecular weight is 287 g/mol. The first-order valence-corrected chi connectivity index (χ1v) is 6.09. The first-order valence-electron chi connectivity index (χ1n) is 5.71. The lowest BCUT2D eigenvalue weighted by atomic mass is 10.0. The number of benzene rings is 1. The van der Waals surface area contributed by atoms with Gasteiger partial charge in [0, 0.05) is 19.0 Å². The van der Waals surface area contributed by atoms with Gasteiger partial charge in [-0.05, 0) is 25.1 Å². The molecule has 2 aromatic rings. The molecule has 0 aliphatic rings. The third-order valence-corrected chi connectivity index (χ3v) is 3.46. The van der Waals surface area contributed by atoms with Gasteiger partial charge >= 0.3 is 0 Å². The zero-order chi connectivity index (χ0) is 14.2. The average Bonchev–Trinajstić information content (AvgIpc) is 2.59. The molecule has 0 saturated heterocycles. The topological polar surface area (TPSA) is 38.0 Å². The molecule has 0 aliphatic heterocycles. The molecule has 0 amide bonds. The smallest absolute Gasteiger partial charge is 0.129 e. The number of aliphatic hydroxyl groups excluding tert-OH is 1. The van der Waals surface area contributed by atoms with Crippen LogP contribution in [0.2, 0.25) is 5.02 Å². The summed E-state index contributed by atoms with van der Waals surface area (Å²) < 4.78 is 28.2. The van der Waals surface area contributed by atoms with Gasteiger partial charge in [0.25, 0.3) is 0 Å². The molecule has 1 heterocycles. The molecule has 0 bridgehead atoms. The quantitative estimate of drug-likeness (QED) is 0.942. The van der Waals surface area contributed by atoms with Gasteiger partial charge in [0.15, 0.2) is 0 Å². The molecule has 0 radical (unpaired) electrons. The van der Waals surface area contributed by atoms with Crippen LogP contribution in [0.15, 0.2) is 18.2 Å². The number of halogens is 3. The molecule has 0 spiro atoms. The Balaban J connectivity index is 2.30. The highest BCUT2D eigenvalue weighted by Crippen LogP contribution is 2.27. The minimum atomic E-state index is -1.18. The van der Waals surface area contributed by atoms with Gasteiger partial charge in [-0.3, -0.25) is 4.68 Å². The van der Waals surface area contributed by atoms with Crippen molar-refractivity contribution in [2.24, 2.45) is 7.05 Å². The Hall–Kier alpha value is -1.46. The van der Waals surface area contributed by atoms with E-state index in [0.717, 1.165) is 18.2 Å². The summed E-state index contributed by atoms with van der Waals surface area (Å²) in [7, 11) is 1.68. The molecule has 0 fully saturated rings. The van der Waals surface area contributed by atoms with Gasteiger partial charge < -0.3 is 5.11 Å². The predicted molar refractivity (Wildman–Crippen MR) is 68.0 cm³/mol. The standard InChI is InChI=1S/C13H13ClF2N2O/c1-7-13(14)11(18(2)17-7)6-12(19)9-5-8(15)3-4-10(9)16/h3-5,12,19H,6H2,1-2H3. The van der Waals surface area contributed by atoms with Gasteiger partial charge in [0.2, 0.25) is 0 Å². The largest absolute Gasteiger partial charge is 0.388 e. The maximum atomic E-state index is 13.5. The molecule has 19 heavy (non-hydrogen) atoms. The van der Waals surface area contributed by atoms with E-state index in [0.29, 0.717) is 16.4 Å². The highest BCUT2D eigenvalue weighted by Gasteiger charge is 2.19. The van der Waals surface area contributed by atoms with Crippen molar-refractivity contribution in [2.45, 2.75) is 19.4 Å². The molecule has 0 saturated carbocycles. The summed E-state index contributed by atoms with van der Waals surface area (Å²) in [4.78, 5) is 0. The van der Waals surface area contributed by atoms with Crippen molar-refractivity contribution in [3.05, 3.63) is 51.8 Å². The second-order valence-corrected chi connectivity index (χ2v) is 4.73. The van der Waals surface area contributed by atoms with Crippen molar-refractivity contribution in [2.75, 3.05) is 0 Å². The van der Waals surface area contributed by atoms with Crippen LogP contribution in [0.4, 0.5) is 8.78 Å². The molecule has 1 aromatic carbocycles. The molecule has 102 valence electrons. The van der Waals surface area contributed by atoms with Gasteiger partial charge in [0.1, 0.15) is 11.6 Å². The molecule has 0 aliphatic carbocycles. The molecule has 2 rings (SSSR count). The second-order valence-electron chi connectivity index (χ2n) is 4.36. The Labute approximate surface area is 114 Å². The van der Waals surface area contributed by atoms with Crippen LogP contribution in [-0.2, 0) is 13.5 Å². The van der Waals surface area contributed by atoms with E-state index >= 15 is 0 Å². The maximum Gasteiger partial charge on any atom is 0.129 e. The molecule has 1 atom stereocenters. The fraction of sp³-hybridized carbons (Fsp3) is 0.308. The zero-order valence-electron chi connectivity index (χ0n) is 10.5. The van der Waals surface area contributed by atoms with E-state index in [4.69, 9.17) is 11.6 Å². The number of hydrogen-bond acceptors (Lipinski definition) is 2. The van der Waals surface area contributed by atoms with E-state index in [1.54, 1.807) is 14.0 Å². The van der Waals surface area contributed by atoms with Crippen LogP contribution in [0, 0.1) is 18.6 Å². The van der Waals surface area contributed by atoms with Crippen LogP contribution in [0.25, 0.3) is 0 Å². The minimum Gasteiger partial charge on any atom is -0.388 e. The highest BCUT2D eigenvalue weighted by molar-refractivity contribution is 6.31. The Morgan fingerprint density at radius 2 is 2.11 bits per heavy atom. The van der Waals surface area contributed by atoms with E-state index in [1.807, 2.05) is 0 Å². The summed E-state index contributed by atoms with van der Waals surface area (Å²) in [5, 5.41) is 14.6. The summed E-state index contributed by atoms with van der Waals surface area (Å²) in [6.07, 6.45) is -1.11. The number of hydrogen-bond donors (Lipinski definition) is 1. The number of aliphatic hydroxyl groups is 1. The van der Waals surface area contributed by atoms with Gasteiger partial charge in [0.05, 0.1) is 22.5 Å². The molecule has 1 unspecified atom stereocenters. The van der Waals surface area contributed by atoms with Crippen LogP contribution in [0.3, 0.4) is 0 Å². The third kappa shape index (κ3) is 2.77. The van der Waals surface area contributed by atoms with Crippen LogP contribution >= 0.6 is 11.6 Å². The first kappa shape index (κ1) is 14.0. The summed E-state index contributed by atoms with van der Waals surface area (Å²) >= 11 is 6.05. The number of aromatic nitrogens is 2. The molecule has 6 heteroatoms. The first-order chi connectivity index (χ1) is 8.90. The van der Waals surface area contributed by atoms with Crippen LogP contribution in [-0.4, -0.2) is 14.9 Å². The van der Waals surface area contributed by atoms with E-state index in [2.05, 4.69) is 5.10 Å². The van der Waals surface area contributed by atoms with E-state index in [-0.39, 0.29) is 12.0 Å². The van der Waals surface area contributed by atoms with E-state index < -0.39 is 17.7 Å². The van der Waals surface area contributed by atoms with Crippen molar-refractivity contribution in [3.63, 3.8) is 0 Å². The molecule has 1 N–H and O–H groups in total. The van der Waals surface area contributed by atoms with Crippen molar-refractivity contribution >= 4 is 11.6 Å². The molecule has 1 aromatic heterocycles. The lowest BCUT2D eigenvalue weighted by molar-refractivity contribution is 0.170. The van der Waals surface area contributed by atoms with Gasteiger partial charge in [-0.1, -0.05) is 11.6 Å². The number of rotatable bonds is 3. The van der Waals surface area contributed by atoms with E-state index in [1.165, 1.54) is 4.68 Å².